The minimum absolute atomic E-state index is 0.0124. The van der Waals surface area contributed by atoms with E-state index in [1.807, 2.05) is 0 Å². The van der Waals surface area contributed by atoms with Gasteiger partial charge >= 0.3 is 12.1 Å². The van der Waals surface area contributed by atoms with Gasteiger partial charge in [-0.05, 0) is 38.0 Å². The van der Waals surface area contributed by atoms with Gasteiger partial charge in [-0.1, -0.05) is 29.4 Å². The zero-order valence-electron chi connectivity index (χ0n) is 22.8. The van der Waals surface area contributed by atoms with E-state index in [2.05, 4.69) is 26.1 Å². The van der Waals surface area contributed by atoms with E-state index in [9.17, 15) is 29.1 Å². The summed E-state index contributed by atoms with van der Waals surface area (Å²) in [6.07, 6.45) is 1.36. The van der Waals surface area contributed by atoms with E-state index in [0.29, 0.717) is 12.2 Å². The molecule has 4 rings (SSSR count). The van der Waals surface area contributed by atoms with Crippen LogP contribution in [-0.2, 0) is 41.9 Å². The van der Waals surface area contributed by atoms with Crippen molar-refractivity contribution in [3.05, 3.63) is 58.2 Å². The van der Waals surface area contributed by atoms with Crippen LogP contribution in [0, 0.1) is 0 Å². The molecule has 1 saturated heterocycles. The predicted molar refractivity (Wildman–Crippen MR) is 153 cm³/mol. The SMILES string of the molecule is CC(C)(C)OC(=O)NCc1ccc(CON=C(C(=O)NC2C(=O)N3C(C(=O)O)=CCS[C@@H]23)c2csc(NC=O)n2)cc1. The van der Waals surface area contributed by atoms with Crippen molar-refractivity contribution < 1.29 is 38.7 Å². The van der Waals surface area contributed by atoms with Gasteiger partial charge in [0.1, 0.15) is 35.0 Å². The average molecular weight is 617 g/mol. The molecule has 14 nitrogen and oxygen atoms in total. The number of amides is 4. The number of fused-ring (bicyclic) bond motifs is 1. The largest absolute Gasteiger partial charge is 0.477 e. The van der Waals surface area contributed by atoms with Crippen molar-refractivity contribution in [1.82, 2.24) is 20.5 Å². The second kappa shape index (κ2) is 13.0. The number of nitrogens with one attached hydrogen (secondary N) is 3. The number of oxime groups is 1. The van der Waals surface area contributed by atoms with Gasteiger partial charge in [0.2, 0.25) is 6.41 Å². The first-order valence-electron chi connectivity index (χ1n) is 12.6. The topological polar surface area (TPSA) is 189 Å². The number of hydrogen-bond acceptors (Lipinski definition) is 11. The number of β-lactam (4-membered cyclic amide) rings is 1. The summed E-state index contributed by atoms with van der Waals surface area (Å²) in [6, 6.07) is 6.16. The van der Waals surface area contributed by atoms with E-state index in [0.717, 1.165) is 27.4 Å². The molecule has 3 heterocycles. The van der Waals surface area contributed by atoms with Crippen molar-refractivity contribution in [3.63, 3.8) is 0 Å². The van der Waals surface area contributed by atoms with E-state index >= 15 is 0 Å². The molecule has 0 spiro atoms. The Labute approximate surface area is 248 Å². The molecule has 1 fully saturated rings. The molecule has 16 heteroatoms. The van der Waals surface area contributed by atoms with Crippen molar-refractivity contribution in [2.24, 2.45) is 5.16 Å². The molecule has 1 aromatic carbocycles. The van der Waals surface area contributed by atoms with Crippen molar-refractivity contribution in [2.45, 2.75) is 50.9 Å². The monoisotopic (exact) mass is 616 g/mol. The summed E-state index contributed by atoms with van der Waals surface area (Å²) in [5, 5.41) is 22.2. The van der Waals surface area contributed by atoms with Gasteiger partial charge in [-0.25, -0.2) is 14.6 Å². The Morgan fingerprint density at radius 1 is 1.21 bits per heavy atom. The molecular formula is C26H28N6O8S2. The van der Waals surface area contributed by atoms with Crippen LogP contribution in [0.1, 0.15) is 37.6 Å². The number of alkyl carbamates (subject to hydrolysis) is 1. The first-order valence-corrected chi connectivity index (χ1v) is 14.5. The summed E-state index contributed by atoms with van der Waals surface area (Å²) in [5.41, 5.74) is 0.698. The van der Waals surface area contributed by atoms with Crippen LogP contribution < -0.4 is 16.0 Å². The second-order valence-electron chi connectivity index (χ2n) is 9.96. The lowest BCUT2D eigenvalue weighted by Gasteiger charge is -2.48. The average Bonchev–Trinajstić information content (AvgIpc) is 3.40. The van der Waals surface area contributed by atoms with Crippen molar-refractivity contribution in [2.75, 3.05) is 11.1 Å². The Bertz CT molecular complexity index is 1430. The predicted octanol–water partition coefficient (Wildman–Crippen LogP) is 2.03. The maximum atomic E-state index is 13.2. The van der Waals surface area contributed by atoms with Gasteiger partial charge in [0.15, 0.2) is 10.8 Å². The van der Waals surface area contributed by atoms with Crippen LogP contribution >= 0.6 is 23.1 Å². The molecule has 2 aliphatic rings. The summed E-state index contributed by atoms with van der Waals surface area (Å²) in [7, 11) is 0. The molecule has 4 amide bonds. The van der Waals surface area contributed by atoms with E-state index in [1.54, 1.807) is 45.0 Å². The lowest BCUT2D eigenvalue weighted by atomic mass is 10.0. The van der Waals surface area contributed by atoms with Gasteiger partial charge < -0.3 is 30.6 Å². The van der Waals surface area contributed by atoms with Gasteiger partial charge in [0, 0.05) is 17.7 Å². The van der Waals surface area contributed by atoms with Crippen LogP contribution in [0.15, 0.2) is 46.6 Å². The van der Waals surface area contributed by atoms with E-state index in [1.165, 1.54) is 23.2 Å². The Balaban J connectivity index is 1.41. The smallest absolute Gasteiger partial charge is 0.407 e. The third-order valence-corrected chi connectivity index (χ3v) is 7.70. The zero-order valence-corrected chi connectivity index (χ0v) is 24.4. The number of carboxylic acids is 1. The molecule has 222 valence electrons. The Kier molecular flexibility index (Phi) is 9.47. The van der Waals surface area contributed by atoms with Crippen LogP contribution in [0.25, 0.3) is 0 Å². The highest BCUT2D eigenvalue weighted by Gasteiger charge is 2.53. The van der Waals surface area contributed by atoms with Crippen LogP contribution in [0.3, 0.4) is 0 Å². The molecule has 1 unspecified atom stereocenters. The number of ether oxygens (including phenoxy) is 1. The highest BCUT2D eigenvalue weighted by Crippen LogP contribution is 2.37. The molecule has 1 aromatic heterocycles. The van der Waals surface area contributed by atoms with Gasteiger partial charge in [0.05, 0.1) is 0 Å². The summed E-state index contributed by atoms with van der Waals surface area (Å²) in [4.78, 5) is 70.9. The molecule has 0 bridgehead atoms. The lowest BCUT2D eigenvalue weighted by molar-refractivity contribution is -0.150. The zero-order chi connectivity index (χ0) is 30.4. The molecular weight excluding hydrogens is 588 g/mol. The van der Waals surface area contributed by atoms with Gasteiger partial charge in [-0.2, -0.15) is 0 Å². The third kappa shape index (κ3) is 7.44. The third-order valence-electron chi connectivity index (χ3n) is 5.74. The van der Waals surface area contributed by atoms with E-state index < -0.39 is 40.9 Å². The summed E-state index contributed by atoms with van der Waals surface area (Å²) in [6.45, 7) is 5.58. The molecule has 0 saturated carbocycles. The lowest BCUT2D eigenvalue weighted by Crippen LogP contribution is -2.70. The Morgan fingerprint density at radius 2 is 1.93 bits per heavy atom. The van der Waals surface area contributed by atoms with Crippen LogP contribution in [0.2, 0.25) is 0 Å². The van der Waals surface area contributed by atoms with Crippen LogP contribution in [-0.4, -0.2) is 73.8 Å². The Morgan fingerprint density at radius 3 is 2.60 bits per heavy atom. The molecule has 4 N–H and O–H groups in total. The molecule has 2 aromatic rings. The molecule has 2 atom stereocenters. The summed E-state index contributed by atoms with van der Waals surface area (Å²) in [5.74, 6) is -2.17. The molecule has 2 aliphatic heterocycles. The van der Waals surface area contributed by atoms with Crippen LogP contribution in [0.5, 0.6) is 0 Å². The van der Waals surface area contributed by atoms with Crippen molar-refractivity contribution in [3.8, 4) is 0 Å². The van der Waals surface area contributed by atoms with Crippen molar-refractivity contribution in [1.29, 1.82) is 0 Å². The number of carboxylic acid groups (broad SMARTS) is 1. The first-order chi connectivity index (χ1) is 20.0. The number of carbonyl (C=O) groups excluding carboxylic acids is 4. The van der Waals surface area contributed by atoms with Gasteiger partial charge in [-0.15, -0.1) is 23.1 Å². The van der Waals surface area contributed by atoms with Gasteiger partial charge in [0.25, 0.3) is 11.8 Å². The molecule has 0 radical (unpaired) electrons. The number of rotatable bonds is 11. The number of anilines is 1. The number of hydrogen-bond donors (Lipinski definition) is 4. The van der Waals surface area contributed by atoms with E-state index in [-0.39, 0.29) is 35.4 Å². The number of thiazole rings is 1. The second-order valence-corrected chi connectivity index (χ2v) is 12.0. The minimum Gasteiger partial charge on any atom is -0.477 e. The quantitative estimate of drug-likeness (QED) is 0.126. The highest BCUT2D eigenvalue weighted by atomic mass is 32.2. The number of aromatic nitrogens is 1. The molecule has 42 heavy (non-hydrogen) atoms. The van der Waals surface area contributed by atoms with Crippen LogP contribution in [0.4, 0.5) is 9.93 Å². The maximum Gasteiger partial charge on any atom is 0.407 e. The number of benzene rings is 1. The normalized spacial score (nSPS) is 18.2. The molecule has 0 aliphatic carbocycles. The fraction of sp³-hybridized carbons (Fsp3) is 0.346. The maximum absolute atomic E-state index is 13.2. The number of nitrogens with zero attached hydrogens (tertiary/aromatic N) is 3. The van der Waals surface area contributed by atoms with Crippen molar-refractivity contribution >= 4 is 64.2 Å². The highest BCUT2D eigenvalue weighted by molar-refractivity contribution is 8.00. The minimum atomic E-state index is -1.22. The first kappa shape index (κ1) is 30.5. The summed E-state index contributed by atoms with van der Waals surface area (Å²) < 4.78 is 5.22. The van der Waals surface area contributed by atoms with E-state index in [4.69, 9.17) is 9.57 Å². The number of carbonyl (C=O) groups is 5. The standard InChI is InChI=1S/C26H28N6O8S2/c1-26(2,3)40-25(38)27-10-14-4-6-15(7-5-14)11-39-31-18(16-12-42-24(29-16)28-13-33)20(34)30-19-21(35)32-17(23(36)37)8-9-41-22(19)32/h4-8,12-13,19,22H,9-11H2,1-3H3,(H,27,38)(H,30,34)(H,36,37)(H,28,29,33)/t19?,22-/m0/s1. The Hall–Kier alpha value is -4.44. The fourth-order valence-electron chi connectivity index (χ4n) is 3.86. The number of aliphatic carboxylic acids is 1. The fourth-order valence-corrected chi connectivity index (χ4v) is 5.71. The van der Waals surface area contributed by atoms with Gasteiger partial charge in [-0.3, -0.25) is 19.3 Å². The number of thioether (sulfide) groups is 1. The summed E-state index contributed by atoms with van der Waals surface area (Å²) >= 11 is 2.38.